The molecule has 0 bridgehead atoms. The third kappa shape index (κ3) is 3.03. The van der Waals surface area contributed by atoms with Gasteiger partial charge in [0.15, 0.2) is 0 Å². The molecule has 1 fully saturated rings. The third-order valence-electron chi connectivity index (χ3n) is 4.21. The van der Waals surface area contributed by atoms with Crippen molar-refractivity contribution in [2.75, 3.05) is 13.2 Å². The van der Waals surface area contributed by atoms with E-state index in [0.717, 1.165) is 37.4 Å². The van der Waals surface area contributed by atoms with Gasteiger partial charge in [-0.05, 0) is 36.4 Å². The van der Waals surface area contributed by atoms with Gasteiger partial charge in [0.25, 0.3) is 5.56 Å². The van der Waals surface area contributed by atoms with Crippen LogP contribution in [0.3, 0.4) is 0 Å². The number of ether oxygens (including phenoxy) is 2. The van der Waals surface area contributed by atoms with Crippen LogP contribution in [0.25, 0.3) is 22.3 Å². The summed E-state index contributed by atoms with van der Waals surface area (Å²) in [4.78, 5) is 19.6. The molecule has 0 spiro atoms. The van der Waals surface area contributed by atoms with Crippen LogP contribution in [-0.4, -0.2) is 29.3 Å². The van der Waals surface area contributed by atoms with Crippen molar-refractivity contribution in [3.63, 3.8) is 0 Å². The maximum absolute atomic E-state index is 12.2. The second kappa shape index (κ2) is 6.45. The molecule has 0 radical (unpaired) electrons. The molecule has 4 rings (SSSR count). The van der Waals surface area contributed by atoms with E-state index in [1.165, 1.54) is 0 Å². The van der Waals surface area contributed by atoms with Gasteiger partial charge in [-0.3, -0.25) is 4.79 Å². The van der Waals surface area contributed by atoms with Crippen LogP contribution in [0.4, 0.5) is 0 Å². The van der Waals surface area contributed by atoms with Crippen LogP contribution in [0.1, 0.15) is 12.8 Å². The van der Waals surface area contributed by atoms with Crippen LogP contribution in [-0.2, 0) is 4.74 Å². The highest BCUT2D eigenvalue weighted by Gasteiger charge is 2.15. The summed E-state index contributed by atoms with van der Waals surface area (Å²) in [6.07, 6.45) is 2.05. The minimum Gasteiger partial charge on any atom is -0.490 e. The number of benzene rings is 2. The Balaban J connectivity index is 1.59. The Morgan fingerprint density at radius 1 is 1.04 bits per heavy atom. The number of nitrogens with one attached hydrogen (secondary N) is 1. The summed E-state index contributed by atoms with van der Waals surface area (Å²) in [5, 5.41) is 0.598. The Bertz CT molecular complexity index is 896. The fraction of sp³-hybridized carbons (Fsp3) is 0.263. The number of hydrogen-bond donors (Lipinski definition) is 1. The number of H-pyrrole nitrogens is 1. The minimum atomic E-state index is -0.127. The molecule has 1 aliphatic heterocycles. The summed E-state index contributed by atoms with van der Waals surface area (Å²) in [7, 11) is 0. The Morgan fingerprint density at radius 2 is 1.79 bits per heavy atom. The van der Waals surface area contributed by atoms with Crippen molar-refractivity contribution in [3.8, 4) is 17.1 Å². The first-order valence-corrected chi connectivity index (χ1v) is 8.13. The van der Waals surface area contributed by atoms with Crippen molar-refractivity contribution >= 4 is 10.9 Å². The normalized spacial score (nSPS) is 15.5. The van der Waals surface area contributed by atoms with Crippen LogP contribution in [0.2, 0.25) is 0 Å². The molecule has 1 aromatic heterocycles. The monoisotopic (exact) mass is 322 g/mol. The van der Waals surface area contributed by atoms with Crippen LogP contribution in [0.5, 0.6) is 5.75 Å². The maximum Gasteiger partial charge on any atom is 0.259 e. The lowest BCUT2D eigenvalue weighted by molar-refractivity contribution is 0.0256. The van der Waals surface area contributed by atoms with Gasteiger partial charge in [-0.25, -0.2) is 4.98 Å². The maximum atomic E-state index is 12.2. The number of hydrogen-bond acceptors (Lipinski definition) is 4. The Kier molecular flexibility index (Phi) is 4.01. The summed E-state index contributed by atoms with van der Waals surface area (Å²) >= 11 is 0. The van der Waals surface area contributed by atoms with E-state index in [9.17, 15) is 4.79 Å². The molecule has 3 aromatic rings. The lowest BCUT2D eigenvalue weighted by atomic mass is 10.1. The molecule has 0 saturated carbocycles. The number of aromatic amines is 1. The van der Waals surface area contributed by atoms with Crippen molar-refractivity contribution in [1.82, 2.24) is 9.97 Å². The summed E-state index contributed by atoms with van der Waals surface area (Å²) in [6.45, 7) is 1.51. The highest BCUT2D eigenvalue weighted by atomic mass is 16.5. The summed E-state index contributed by atoms with van der Waals surface area (Å²) in [5.74, 6) is 1.39. The zero-order valence-corrected chi connectivity index (χ0v) is 13.2. The van der Waals surface area contributed by atoms with E-state index in [-0.39, 0.29) is 11.7 Å². The van der Waals surface area contributed by atoms with E-state index >= 15 is 0 Å². The van der Waals surface area contributed by atoms with Gasteiger partial charge in [0.1, 0.15) is 17.7 Å². The number of fused-ring (bicyclic) bond motifs is 1. The number of aromatic nitrogens is 2. The van der Waals surface area contributed by atoms with Crippen molar-refractivity contribution < 1.29 is 9.47 Å². The van der Waals surface area contributed by atoms with Crippen molar-refractivity contribution in [3.05, 3.63) is 58.9 Å². The molecule has 0 aliphatic carbocycles. The highest BCUT2D eigenvalue weighted by Crippen LogP contribution is 2.22. The average molecular weight is 322 g/mol. The Labute approximate surface area is 139 Å². The molecule has 0 atom stereocenters. The molecule has 122 valence electrons. The second-order valence-corrected chi connectivity index (χ2v) is 5.89. The first-order chi connectivity index (χ1) is 11.8. The lowest BCUT2D eigenvalue weighted by Gasteiger charge is -2.23. The van der Waals surface area contributed by atoms with E-state index in [1.54, 1.807) is 6.07 Å². The van der Waals surface area contributed by atoms with Gasteiger partial charge in [-0.1, -0.05) is 12.1 Å². The molecular formula is C19H18N2O3. The average Bonchev–Trinajstić information content (AvgIpc) is 2.63. The van der Waals surface area contributed by atoms with Crippen molar-refractivity contribution in [2.45, 2.75) is 18.9 Å². The molecule has 2 heterocycles. The van der Waals surface area contributed by atoms with E-state index in [4.69, 9.17) is 9.47 Å². The Morgan fingerprint density at radius 3 is 2.58 bits per heavy atom. The quantitative estimate of drug-likeness (QED) is 0.804. The first-order valence-electron chi connectivity index (χ1n) is 8.13. The van der Waals surface area contributed by atoms with Crippen molar-refractivity contribution in [1.29, 1.82) is 0 Å². The van der Waals surface area contributed by atoms with Crippen LogP contribution in [0, 0.1) is 0 Å². The van der Waals surface area contributed by atoms with Crippen LogP contribution >= 0.6 is 0 Å². The molecule has 2 aromatic carbocycles. The van der Waals surface area contributed by atoms with Gasteiger partial charge in [0, 0.05) is 18.4 Å². The van der Waals surface area contributed by atoms with Gasteiger partial charge in [-0.15, -0.1) is 0 Å². The summed E-state index contributed by atoms with van der Waals surface area (Å²) < 4.78 is 11.3. The first kappa shape index (κ1) is 14.9. The molecule has 1 aliphatic rings. The molecule has 0 amide bonds. The van der Waals surface area contributed by atoms with Gasteiger partial charge >= 0.3 is 0 Å². The van der Waals surface area contributed by atoms with Gasteiger partial charge in [-0.2, -0.15) is 0 Å². The van der Waals surface area contributed by atoms with Gasteiger partial charge in [0.2, 0.25) is 0 Å². The van der Waals surface area contributed by atoms with Crippen molar-refractivity contribution in [2.24, 2.45) is 0 Å². The number of para-hydroxylation sites is 1. The number of nitrogens with zero attached hydrogens (tertiary/aromatic N) is 1. The van der Waals surface area contributed by atoms with E-state index in [0.29, 0.717) is 16.7 Å². The molecule has 24 heavy (non-hydrogen) atoms. The smallest absolute Gasteiger partial charge is 0.259 e. The van der Waals surface area contributed by atoms with E-state index in [1.807, 2.05) is 42.5 Å². The molecule has 5 heteroatoms. The molecule has 5 nitrogen and oxygen atoms in total. The minimum absolute atomic E-state index is 0.127. The Hall–Kier alpha value is -2.66. The van der Waals surface area contributed by atoms with Gasteiger partial charge < -0.3 is 14.5 Å². The van der Waals surface area contributed by atoms with E-state index < -0.39 is 0 Å². The largest absolute Gasteiger partial charge is 0.490 e. The van der Waals surface area contributed by atoms with Crippen LogP contribution < -0.4 is 10.3 Å². The third-order valence-corrected chi connectivity index (χ3v) is 4.21. The standard InChI is InChI=1S/C19H18N2O3/c22-19-16-3-1-2-4-17(16)20-18(21-19)13-5-7-14(8-6-13)24-15-9-11-23-12-10-15/h1-8,15H,9-12H2,(H,20,21,22). The topological polar surface area (TPSA) is 64.2 Å². The fourth-order valence-corrected chi connectivity index (χ4v) is 2.90. The molecular weight excluding hydrogens is 304 g/mol. The predicted octanol–water partition coefficient (Wildman–Crippen LogP) is 3.15. The molecule has 1 saturated heterocycles. The zero-order valence-electron chi connectivity index (χ0n) is 13.2. The number of rotatable bonds is 3. The lowest BCUT2D eigenvalue weighted by Crippen LogP contribution is -2.25. The summed E-state index contributed by atoms with van der Waals surface area (Å²) in [6, 6.07) is 15.0. The molecule has 0 unspecified atom stereocenters. The SMILES string of the molecule is O=c1[nH]c(-c2ccc(OC3CCOCC3)cc2)nc2ccccc12. The second-order valence-electron chi connectivity index (χ2n) is 5.89. The van der Waals surface area contributed by atoms with E-state index in [2.05, 4.69) is 9.97 Å². The molecule has 1 N–H and O–H groups in total. The highest BCUT2D eigenvalue weighted by molar-refractivity contribution is 5.79. The predicted molar refractivity (Wildman–Crippen MR) is 92.3 cm³/mol. The summed E-state index contributed by atoms with van der Waals surface area (Å²) in [5.41, 5.74) is 1.43. The van der Waals surface area contributed by atoms with Gasteiger partial charge in [0.05, 0.1) is 24.1 Å². The van der Waals surface area contributed by atoms with Crippen LogP contribution in [0.15, 0.2) is 53.3 Å². The fourth-order valence-electron chi connectivity index (χ4n) is 2.90. The zero-order chi connectivity index (χ0) is 16.4.